The van der Waals surface area contributed by atoms with E-state index in [0.29, 0.717) is 6.04 Å². The summed E-state index contributed by atoms with van der Waals surface area (Å²) in [4.78, 5) is 4.36. The Morgan fingerprint density at radius 2 is 2.37 bits per heavy atom. The van der Waals surface area contributed by atoms with Crippen LogP contribution in [0.25, 0.3) is 0 Å². The summed E-state index contributed by atoms with van der Waals surface area (Å²) in [6.07, 6.45) is 9.44. The first-order valence-electron chi connectivity index (χ1n) is 7.03. The molecule has 0 saturated carbocycles. The summed E-state index contributed by atoms with van der Waals surface area (Å²) in [6, 6.07) is 0.417. The second-order valence-electron chi connectivity index (χ2n) is 5.14. The Labute approximate surface area is 113 Å². The Bertz CT molecular complexity index is 554. The second-order valence-corrected chi connectivity index (χ2v) is 5.14. The van der Waals surface area contributed by atoms with Crippen LogP contribution in [0.1, 0.15) is 42.9 Å². The molecule has 2 aromatic heterocycles. The zero-order valence-corrected chi connectivity index (χ0v) is 11.6. The van der Waals surface area contributed by atoms with Crippen molar-refractivity contribution in [2.75, 3.05) is 0 Å². The van der Waals surface area contributed by atoms with E-state index in [2.05, 4.69) is 31.6 Å². The van der Waals surface area contributed by atoms with Crippen molar-refractivity contribution < 1.29 is 0 Å². The summed E-state index contributed by atoms with van der Waals surface area (Å²) in [6.45, 7) is 3.92. The highest BCUT2D eigenvalue weighted by atomic mass is 15.3. The van der Waals surface area contributed by atoms with Crippen molar-refractivity contribution in [1.82, 2.24) is 24.6 Å². The number of fused-ring (bicyclic) bond motifs is 1. The van der Waals surface area contributed by atoms with Crippen LogP contribution in [0.5, 0.6) is 0 Å². The van der Waals surface area contributed by atoms with Crippen LogP contribution in [0.2, 0.25) is 0 Å². The Kier molecular flexibility index (Phi) is 3.38. The topological polar surface area (TPSA) is 47.7 Å². The lowest BCUT2D eigenvalue weighted by molar-refractivity contribution is 0.440. The van der Waals surface area contributed by atoms with Crippen molar-refractivity contribution in [3.05, 3.63) is 35.7 Å². The van der Waals surface area contributed by atoms with Gasteiger partial charge in [0.15, 0.2) is 0 Å². The fourth-order valence-electron chi connectivity index (χ4n) is 2.88. The van der Waals surface area contributed by atoms with Gasteiger partial charge in [0, 0.05) is 43.3 Å². The number of nitrogens with zero attached hydrogens (tertiary/aromatic N) is 4. The molecule has 5 heteroatoms. The van der Waals surface area contributed by atoms with E-state index in [1.165, 1.54) is 24.1 Å². The van der Waals surface area contributed by atoms with E-state index in [4.69, 9.17) is 0 Å². The van der Waals surface area contributed by atoms with Crippen LogP contribution in [0.3, 0.4) is 0 Å². The second kappa shape index (κ2) is 5.17. The zero-order chi connectivity index (χ0) is 13.2. The van der Waals surface area contributed by atoms with Crippen molar-refractivity contribution in [3.8, 4) is 0 Å². The Hall–Kier alpha value is -1.62. The zero-order valence-electron chi connectivity index (χ0n) is 11.6. The molecule has 2 heterocycles. The quantitative estimate of drug-likeness (QED) is 0.911. The maximum Gasteiger partial charge on any atom is 0.122 e. The first-order chi connectivity index (χ1) is 9.29. The molecule has 1 atom stereocenters. The number of nitrogens with one attached hydrogen (secondary N) is 1. The van der Waals surface area contributed by atoms with Gasteiger partial charge in [-0.1, -0.05) is 0 Å². The minimum Gasteiger partial charge on any atom is -0.337 e. The minimum atomic E-state index is 0.417. The first kappa shape index (κ1) is 12.4. The molecule has 0 aromatic carbocycles. The molecule has 1 aliphatic carbocycles. The molecule has 0 fully saturated rings. The number of aromatic nitrogens is 4. The van der Waals surface area contributed by atoms with E-state index in [1.807, 2.05) is 25.6 Å². The largest absolute Gasteiger partial charge is 0.337 e. The van der Waals surface area contributed by atoms with Crippen molar-refractivity contribution in [1.29, 1.82) is 0 Å². The van der Waals surface area contributed by atoms with Gasteiger partial charge in [0.25, 0.3) is 0 Å². The highest BCUT2D eigenvalue weighted by Crippen LogP contribution is 2.29. The molecule has 102 valence electrons. The van der Waals surface area contributed by atoms with Crippen LogP contribution in [0, 0.1) is 0 Å². The number of hydrogen-bond acceptors (Lipinski definition) is 3. The molecule has 1 N–H and O–H groups in total. The summed E-state index contributed by atoms with van der Waals surface area (Å²) < 4.78 is 4.19. The third kappa shape index (κ3) is 2.30. The molecule has 1 unspecified atom stereocenters. The van der Waals surface area contributed by atoms with Crippen molar-refractivity contribution in [2.24, 2.45) is 7.05 Å². The van der Waals surface area contributed by atoms with Gasteiger partial charge in [0.2, 0.25) is 0 Å². The molecule has 3 rings (SSSR count). The average molecular weight is 259 g/mol. The fraction of sp³-hybridized carbons (Fsp3) is 0.571. The Morgan fingerprint density at radius 1 is 1.47 bits per heavy atom. The maximum absolute atomic E-state index is 4.48. The smallest absolute Gasteiger partial charge is 0.122 e. The van der Waals surface area contributed by atoms with Crippen molar-refractivity contribution in [2.45, 2.75) is 45.3 Å². The van der Waals surface area contributed by atoms with Gasteiger partial charge in [-0.05, 0) is 26.2 Å². The van der Waals surface area contributed by atoms with E-state index < -0.39 is 0 Å². The van der Waals surface area contributed by atoms with Gasteiger partial charge in [-0.15, -0.1) is 0 Å². The van der Waals surface area contributed by atoms with Crippen LogP contribution in [0.15, 0.2) is 18.6 Å². The summed E-state index contributed by atoms with van der Waals surface area (Å²) >= 11 is 0. The molecule has 0 radical (unpaired) electrons. The summed E-state index contributed by atoms with van der Waals surface area (Å²) in [7, 11) is 2.03. The monoisotopic (exact) mass is 259 g/mol. The van der Waals surface area contributed by atoms with E-state index >= 15 is 0 Å². The SMILES string of the molecule is CCn1ncc2c1CCCC2NCc1nccn1C. The molecule has 0 bridgehead atoms. The van der Waals surface area contributed by atoms with Gasteiger partial charge in [0.05, 0.1) is 12.7 Å². The molecule has 0 saturated heterocycles. The van der Waals surface area contributed by atoms with Gasteiger partial charge < -0.3 is 9.88 Å². The van der Waals surface area contributed by atoms with Crippen LogP contribution in [-0.4, -0.2) is 19.3 Å². The minimum absolute atomic E-state index is 0.417. The predicted octanol–water partition coefficient (Wildman–Crippen LogP) is 1.80. The third-order valence-corrected chi connectivity index (χ3v) is 3.99. The van der Waals surface area contributed by atoms with E-state index in [0.717, 1.165) is 25.3 Å². The number of imidazole rings is 1. The molecule has 0 spiro atoms. The van der Waals surface area contributed by atoms with Crippen LogP contribution < -0.4 is 5.32 Å². The molecular formula is C14H21N5. The highest BCUT2D eigenvalue weighted by molar-refractivity contribution is 5.25. The average Bonchev–Trinajstić information content (AvgIpc) is 3.02. The molecule has 19 heavy (non-hydrogen) atoms. The third-order valence-electron chi connectivity index (χ3n) is 3.99. The van der Waals surface area contributed by atoms with Crippen LogP contribution >= 0.6 is 0 Å². The fourth-order valence-corrected chi connectivity index (χ4v) is 2.88. The highest BCUT2D eigenvalue weighted by Gasteiger charge is 2.23. The van der Waals surface area contributed by atoms with Gasteiger partial charge in [-0.2, -0.15) is 5.10 Å². The number of hydrogen-bond donors (Lipinski definition) is 1. The normalized spacial score (nSPS) is 18.5. The number of rotatable bonds is 4. The Morgan fingerprint density at radius 3 is 3.11 bits per heavy atom. The van der Waals surface area contributed by atoms with Crippen molar-refractivity contribution in [3.63, 3.8) is 0 Å². The van der Waals surface area contributed by atoms with Crippen LogP contribution in [-0.2, 0) is 26.6 Å². The number of aryl methyl sites for hydroxylation is 2. The summed E-state index contributed by atoms with van der Waals surface area (Å²) in [5, 5.41) is 8.11. The van der Waals surface area contributed by atoms with Crippen LogP contribution in [0.4, 0.5) is 0 Å². The van der Waals surface area contributed by atoms with E-state index in [9.17, 15) is 0 Å². The van der Waals surface area contributed by atoms with Gasteiger partial charge in [-0.25, -0.2) is 4.98 Å². The Balaban J connectivity index is 1.73. The molecule has 0 amide bonds. The van der Waals surface area contributed by atoms with Gasteiger partial charge in [0.1, 0.15) is 5.82 Å². The lowest BCUT2D eigenvalue weighted by Crippen LogP contribution is -2.26. The predicted molar refractivity (Wildman–Crippen MR) is 73.6 cm³/mol. The molecule has 1 aliphatic rings. The lowest BCUT2D eigenvalue weighted by atomic mass is 9.93. The van der Waals surface area contributed by atoms with Gasteiger partial charge in [-0.3, -0.25) is 4.68 Å². The first-order valence-corrected chi connectivity index (χ1v) is 7.03. The molecule has 2 aromatic rings. The summed E-state index contributed by atoms with van der Waals surface area (Å²) in [5.41, 5.74) is 2.79. The summed E-state index contributed by atoms with van der Waals surface area (Å²) in [5.74, 6) is 1.08. The van der Waals surface area contributed by atoms with Crippen molar-refractivity contribution >= 4 is 0 Å². The molecular weight excluding hydrogens is 238 g/mol. The lowest BCUT2D eigenvalue weighted by Gasteiger charge is -2.24. The molecule has 5 nitrogen and oxygen atoms in total. The van der Waals surface area contributed by atoms with E-state index in [-0.39, 0.29) is 0 Å². The van der Waals surface area contributed by atoms with Gasteiger partial charge >= 0.3 is 0 Å². The standard InChI is InChI=1S/C14H21N5/c1-3-19-13-6-4-5-12(11(13)9-17-19)16-10-14-15-7-8-18(14)2/h7-9,12,16H,3-6,10H2,1-2H3. The molecule has 0 aliphatic heterocycles. The maximum atomic E-state index is 4.48. The van der Waals surface area contributed by atoms with E-state index in [1.54, 1.807) is 0 Å².